The van der Waals surface area contributed by atoms with Crippen molar-refractivity contribution in [3.05, 3.63) is 29.8 Å². The average molecular weight is 306 g/mol. The van der Waals surface area contributed by atoms with Crippen LogP contribution in [0.4, 0.5) is 0 Å². The number of benzene rings is 1. The second-order valence-electron chi connectivity index (χ2n) is 5.79. The topological polar surface area (TPSA) is 59.6 Å². The van der Waals surface area contributed by atoms with Gasteiger partial charge in [-0.2, -0.15) is 0 Å². The van der Waals surface area contributed by atoms with E-state index in [0.29, 0.717) is 5.11 Å². The van der Waals surface area contributed by atoms with Crippen molar-refractivity contribution in [2.24, 2.45) is 5.92 Å². The lowest BCUT2D eigenvalue weighted by atomic mass is 9.80. The van der Waals surface area contributed by atoms with Crippen molar-refractivity contribution in [2.45, 2.75) is 38.6 Å². The highest BCUT2D eigenvalue weighted by molar-refractivity contribution is 7.80. The number of esters is 1. The van der Waals surface area contributed by atoms with Crippen molar-refractivity contribution in [1.82, 2.24) is 10.6 Å². The van der Waals surface area contributed by atoms with Crippen LogP contribution < -0.4 is 15.4 Å². The Morgan fingerprint density at radius 2 is 2.14 bits per heavy atom. The molecule has 5 nitrogen and oxygen atoms in total. The highest BCUT2D eigenvalue weighted by Gasteiger charge is 2.55. The van der Waals surface area contributed by atoms with E-state index in [1.54, 1.807) is 0 Å². The van der Waals surface area contributed by atoms with Gasteiger partial charge in [0.1, 0.15) is 11.7 Å². The molecule has 2 N–H and O–H groups in total. The molecule has 0 radical (unpaired) electrons. The summed E-state index contributed by atoms with van der Waals surface area (Å²) in [5, 5.41) is 6.72. The molecule has 3 atom stereocenters. The minimum absolute atomic E-state index is 0.175. The number of para-hydroxylation sites is 1. The summed E-state index contributed by atoms with van der Waals surface area (Å²) in [6, 6.07) is 7.41. The molecule has 2 aliphatic rings. The zero-order valence-electron chi connectivity index (χ0n) is 12.2. The van der Waals surface area contributed by atoms with E-state index in [1.807, 2.05) is 45.0 Å². The Morgan fingerprint density at radius 1 is 1.43 bits per heavy atom. The average Bonchev–Trinajstić information content (AvgIpc) is 2.35. The first-order chi connectivity index (χ1) is 9.90. The summed E-state index contributed by atoms with van der Waals surface area (Å²) in [6.45, 7) is 5.49. The second-order valence-corrected chi connectivity index (χ2v) is 6.19. The van der Waals surface area contributed by atoms with Gasteiger partial charge < -0.3 is 20.1 Å². The lowest BCUT2D eigenvalue weighted by molar-refractivity contribution is -0.166. The van der Waals surface area contributed by atoms with Gasteiger partial charge >= 0.3 is 5.97 Å². The molecule has 1 aromatic carbocycles. The monoisotopic (exact) mass is 306 g/mol. The molecule has 3 rings (SSSR count). The van der Waals surface area contributed by atoms with Gasteiger partial charge in [-0.3, -0.25) is 4.79 Å². The fourth-order valence-electron chi connectivity index (χ4n) is 2.95. The van der Waals surface area contributed by atoms with Crippen LogP contribution in [0.3, 0.4) is 0 Å². The van der Waals surface area contributed by atoms with Gasteiger partial charge in [0.2, 0.25) is 0 Å². The van der Waals surface area contributed by atoms with E-state index in [4.69, 9.17) is 21.7 Å². The first-order valence-corrected chi connectivity index (χ1v) is 7.38. The normalized spacial score (nSPS) is 29.8. The van der Waals surface area contributed by atoms with Crippen molar-refractivity contribution < 1.29 is 14.3 Å². The van der Waals surface area contributed by atoms with E-state index in [9.17, 15) is 4.79 Å². The summed E-state index contributed by atoms with van der Waals surface area (Å²) in [5.41, 5.74) is 0.0115. The Balaban J connectivity index is 2.05. The van der Waals surface area contributed by atoms with E-state index in [-0.39, 0.29) is 18.1 Å². The molecule has 21 heavy (non-hydrogen) atoms. The largest absolute Gasteiger partial charge is 0.467 e. The number of carbonyl (C=O) groups is 1. The van der Waals surface area contributed by atoms with Crippen LogP contribution in [0, 0.1) is 5.92 Å². The van der Waals surface area contributed by atoms with E-state index < -0.39 is 11.6 Å². The molecule has 0 amide bonds. The molecule has 0 aliphatic carbocycles. The molecule has 2 aliphatic heterocycles. The zero-order chi connectivity index (χ0) is 15.2. The Hall–Kier alpha value is -1.82. The number of rotatable bonds is 2. The van der Waals surface area contributed by atoms with Gasteiger partial charge in [-0.15, -0.1) is 0 Å². The molecule has 1 fully saturated rings. The molecule has 2 bridgehead atoms. The summed E-state index contributed by atoms with van der Waals surface area (Å²) in [4.78, 5) is 12.5. The van der Waals surface area contributed by atoms with Crippen LogP contribution in [-0.4, -0.2) is 22.9 Å². The molecule has 2 heterocycles. The number of ether oxygens (including phenoxy) is 2. The lowest BCUT2D eigenvalue weighted by Gasteiger charge is -2.50. The van der Waals surface area contributed by atoms with Crippen molar-refractivity contribution in [2.75, 3.05) is 0 Å². The predicted molar refractivity (Wildman–Crippen MR) is 81.8 cm³/mol. The van der Waals surface area contributed by atoms with Crippen LogP contribution in [0.2, 0.25) is 0 Å². The lowest BCUT2D eigenvalue weighted by Crippen LogP contribution is -2.70. The maximum atomic E-state index is 12.5. The molecule has 0 aromatic heterocycles. The fraction of sp³-hybridized carbons (Fsp3) is 0.467. The van der Waals surface area contributed by atoms with Crippen LogP contribution in [0.5, 0.6) is 5.75 Å². The molecule has 1 saturated heterocycles. The highest BCUT2D eigenvalue weighted by atomic mass is 32.1. The summed E-state index contributed by atoms with van der Waals surface area (Å²) in [7, 11) is 0. The number of carbonyl (C=O) groups excluding carboxylic acids is 1. The third-order valence-electron chi connectivity index (χ3n) is 3.76. The van der Waals surface area contributed by atoms with Gasteiger partial charge in [-0.05, 0) is 39.1 Å². The minimum Gasteiger partial charge on any atom is -0.467 e. The van der Waals surface area contributed by atoms with Gasteiger partial charge in [-0.25, -0.2) is 0 Å². The maximum absolute atomic E-state index is 12.5. The third-order valence-corrected chi connectivity index (χ3v) is 3.98. The molecule has 0 saturated carbocycles. The van der Waals surface area contributed by atoms with Gasteiger partial charge in [-0.1, -0.05) is 18.2 Å². The standard InChI is InChI=1S/C15H18N2O3S/c1-8(2)19-13(18)11-12-9-6-4-5-7-10(9)20-15(11,3)17-14(21)16-12/h4-8,11-12H,1-3H3,(H2,16,17,21)/t11-,12+,15+/m1/s1. The van der Waals surface area contributed by atoms with E-state index >= 15 is 0 Å². The van der Waals surface area contributed by atoms with Gasteiger partial charge in [0, 0.05) is 5.56 Å². The Bertz CT molecular complexity index is 604. The van der Waals surface area contributed by atoms with Crippen molar-refractivity contribution >= 4 is 23.3 Å². The quantitative estimate of drug-likeness (QED) is 0.643. The zero-order valence-corrected chi connectivity index (χ0v) is 13.0. The third kappa shape index (κ3) is 2.33. The highest BCUT2D eigenvalue weighted by Crippen LogP contribution is 2.45. The van der Waals surface area contributed by atoms with E-state index in [1.165, 1.54) is 0 Å². The number of hydrogen-bond donors (Lipinski definition) is 2. The number of fused-ring (bicyclic) bond motifs is 4. The summed E-state index contributed by atoms with van der Waals surface area (Å²) >= 11 is 5.23. The smallest absolute Gasteiger partial charge is 0.317 e. The summed E-state index contributed by atoms with van der Waals surface area (Å²) in [5.74, 6) is -0.0582. The maximum Gasteiger partial charge on any atom is 0.317 e. The Morgan fingerprint density at radius 3 is 2.86 bits per heavy atom. The first kappa shape index (κ1) is 14.1. The van der Waals surface area contributed by atoms with Crippen LogP contribution in [0.25, 0.3) is 0 Å². The molecule has 1 aromatic rings. The van der Waals surface area contributed by atoms with Gasteiger partial charge in [0.15, 0.2) is 10.8 Å². The Labute approximate surface area is 129 Å². The fourth-order valence-corrected chi connectivity index (χ4v) is 3.28. The number of nitrogens with one attached hydrogen (secondary N) is 2. The van der Waals surface area contributed by atoms with Crippen molar-refractivity contribution in [3.63, 3.8) is 0 Å². The second kappa shape index (κ2) is 4.87. The van der Waals surface area contributed by atoms with E-state index in [2.05, 4.69) is 10.6 Å². The number of hydrogen-bond acceptors (Lipinski definition) is 4. The SMILES string of the molecule is CC(C)OC(=O)[C@H]1[C@H]2NC(=S)N[C@@]1(C)Oc1ccccc12. The summed E-state index contributed by atoms with van der Waals surface area (Å²) in [6.07, 6.45) is -0.175. The summed E-state index contributed by atoms with van der Waals surface area (Å²) < 4.78 is 11.4. The molecule has 0 spiro atoms. The van der Waals surface area contributed by atoms with Crippen LogP contribution in [-0.2, 0) is 9.53 Å². The minimum atomic E-state index is -0.909. The van der Waals surface area contributed by atoms with Gasteiger partial charge in [0.25, 0.3) is 0 Å². The molecule has 6 heteroatoms. The molecule has 0 unspecified atom stereocenters. The van der Waals surface area contributed by atoms with Crippen LogP contribution in [0.1, 0.15) is 32.4 Å². The van der Waals surface area contributed by atoms with E-state index in [0.717, 1.165) is 11.3 Å². The first-order valence-electron chi connectivity index (χ1n) is 6.98. The van der Waals surface area contributed by atoms with Gasteiger partial charge in [0.05, 0.1) is 12.1 Å². The molecular formula is C15H18N2O3S. The number of thiocarbonyl (C=S) groups is 1. The van der Waals surface area contributed by atoms with Crippen molar-refractivity contribution in [3.8, 4) is 5.75 Å². The molecular weight excluding hydrogens is 288 g/mol. The predicted octanol–water partition coefficient (Wildman–Crippen LogP) is 1.88. The van der Waals surface area contributed by atoms with Crippen LogP contribution >= 0.6 is 12.2 Å². The Kier molecular flexibility index (Phi) is 3.28. The van der Waals surface area contributed by atoms with Crippen molar-refractivity contribution in [1.29, 1.82) is 0 Å². The van der Waals surface area contributed by atoms with Crippen LogP contribution in [0.15, 0.2) is 24.3 Å². The molecule has 112 valence electrons.